The van der Waals surface area contributed by atoms with Crippen LogP contribution in [0.1, 0.15) is 12.0 Å². The molecule has 1 aliphatic heterocycles. The second-order valence-corrected chi connectivity index (χ2v) is 4.60. The Morgan fingerprint density at radius 3 is 2.89 bits per heavy atom. The van der Waals surface area contributed by atoms with E-state index in [1.165, 1.54) is 0 Å². The first-order valence-electron chi connectivity index (χ1n) is 6.13. The van der Waals surface area contributed by atoms with Crippen molar-refractivity contribution >= 4 is 17.4 Å². The molecule has 1 amide bonds. The average Bonchev–Trinajstić information content (AvgIpc) is 2.43. The maximum Gasteiger partial charge on any atom is 0.227 e. The zero-order chi connectivity index (χ0) is 13.4. The highest BCUT2D eigenvalue weighted by atomic mass is 16.2. The number of amides is 1. The molecule has 2 N–H and O–H groups in total. The summed E-state index contributed by atoms with van der Waals surface area (Å²) in [5.41, 5.74) is 8.70. The van der Waals surface area contributed by atoms with Crippen molar-refractivity contribution in [3.63, 3.8) is 0 Å². The van der Waals surface area contributed by atoms with Crippen molar-refractivity contribution in [2.75, 3.05) is 17.7 Å². The highest BCUT2D eigenvalue weighted by Gasteiger charge is 2.21. The number of nitrogens with zero attached hydrogens (tertiary/aromatic N) is 3. The van der Waals surface area contributed by atoms with Gasteiger partial charge in [-0.25, -0.2) is 9.97 Å². The van der Waals surface area contributed by atoms with Crippen molar-refractivity contribution in [3.8, 4) is 11.4 Å². The van der Waals surface area contributed by atoms with Crippen LogP contribution in [0.15, 0.2) is 30.5 Å². The summed E-state index contributed by atoms with van der Waals surface area (Å²) in [6.07, 6.45) is 2.95. The van der Waals surface area contributed by atoms with E-state index < -0.39 is 0 Å². The predicted octanol–water partition coefficient (Wildman–Crippen LogP) is 1.63. The maximum atomic E-state index is 11.6. The number of benzene rings is 1. The zero-order valence-corrected chi connectivity index (χ0v) is 10.6. The van der Waals surface area contributed by atoms with Gasteiger partial charge in [-0.1, -0.05) is 0 Å². The SMILES string of the molecule is CN1C(=O)CCc2cc(-c3nccc(N)n3)ccc21. The lowest BCUT2D eigenvalue weighted by Gasteiger charge is -2.26. The van der Waals surface area contributed by atoms with Gasteiger partial charge in [-0.3, -0.25) is 4.79 Å². The van der Waals surface area contributed by atoms with E-state index >= 15 is 0 Å². The lowest BCUT2D eigenvalue weighted by atomic mass is 9.99. The number of aryl methyl sites for hydroxylation is 1. The highest BCUT2D eigenvalue weighted by Crippen LogP contribution is 2.30. The molecule has 0 saturated carbocycles. The molecular formula is C14H14N4O. The third-order valence-corrected chi connectivity index (χ3v) is 3.36. The highest BCUT2D eigenvalue weighted by molar-refractivity contribution is 5.96. The standard InChI is InChI=1S/C14H14N4O/c1-18-11-4-2-10(8-9(11)3-5-13(18)19)14-16-7-6-12(15)17-14/h2,4,6-8H,3,5H2,1H3,(H2,15,16,17). The fourth-order valence-electron chi connectivity index (χ4n) is 2.31. The van der Waals surface area contributed by atoms with Crippen LogP contribution < -0.4 is 10.6 Å². The number of hydrogen-bond acceptors (Lipinski definition) is 4. The van der Waals surface area contributed by atoms with Gasteiger partial charge >= 0.3 is 0 Å². The van der Waals surface area contributed by atoms with Gasteiger partial charge in [0.2, 0.25) is 5.91 Å². The Hall–Kier alpha value is -2.43. The molecule has 0 radical (unpaired) electrons. The molecular weight excluding hydrogens is 240 g/mol. The fourth-order valence-corrected chi connectivity index (χ4v) is 2.31. The molecule has 19 heavy (non-hydrogen) atoms. The quantitative estimate of drug-likeness (QED) is 0.839. The van der Waals surface area contributed by atoms with Crippen LogP contribution in [0.3, 0.4) is 0 Å². The molecule has 2 heterocycles. The Kier molecular flexibility index (Phi) is 2.67. The molecule has 1 aliphatic rings. The maximum absolute atomic E-state index is 11.6. The van der Waals surface area contributed by atoms with Gasteiger partial charge in [0.05, 0.1) is 0 Å². The van der Waals surface area contributed by atoms with Crippen molar-refractivity contribution in [1.29, 1.82) is 0 Å². The van der Waals surface area contributed by atoms with Gasteiger partial charge in [0.15, 0.2) is 5.82 Å². The molecule has 1 aromatic heterocycles. The van der Waals surface area contributed by atoms with Crippen molar-refractivity contribution in [2.24, 2.45) is 0 Å². The van der Waals surface area contributed by atoms with Gasteiger partial charge in [0.25, 0.3) is 0 Å². The van der Waals surface area contributed by atoms with Crippen LogP contribution in [-0.4, -0.2) is 22.9 Å². The van der Waals surface area contributed by atoms with Gasteiger partial charge in [0.1, 0.15) is 5.82 Å². The van der Waals surface area contributed by atoms with Crippen molar-refractivity contribution in [3.05, 3.63) is 36.0 Å². The zero-order valence-electron chi connectivity index (χ0n) is 10.6. The molecule has 3 rings (SSSR count). The molecule has 0 saturated heterocycles. The van der Waals surface area contributed by atoms with Crippen molar-refractivity contribution in [1.82, 2.24) is 9.97 Å². The molecule has 0 aliphatic carbocycles. The number of rotatable bonds is 1. The summed E-state index contributed by atoms with van der Waals surface area (Å²) < 4.78 is 0. The predicted molar refractivity (Wildman–Crippen MR) is 73.6 cm³/mol. The van der Waals surface area contributed by atoms with E-state index in [0.717, 1.165) is 23.2 Å². The lowest BCUT2D eigenvalue weighted by Crippen LogP contribution is -2.31. The number of nitrogen functional groups attached to an aromatic ring is 1. The Bertz CT molecular complexity index is 654. The van der Waals surface area contributed by atoms with Crippen molar-refractivity contribution < 1.29 is 4.79 Å². The summed E-state index contributed by atoms with van der Waals surface area (Å²) in [4.78, 5) is 21.8. The largest absolute Gasteiger partial charge is 0.384 e. The van der Waals surface area contributed by atoms with Gasteiger partial charge in [-0.05, 0) is 36.2 Å². The van der Waals surface area contributed by atoms with Crippen LogP contribution >= 0.6 is 0 Å². The van der Waals surface area contributed by atoms with E-state index in [4.69, 9.17) is 5.73 Å². The molecule has 5 nitrogen and oxygen atoms in total. The summed E-state index contributed by atoms with van der Waals surface area (Å²) in [7, 11) is 1.80. The third-order valence-electron chi connectivity index (χ3n) is 3.36. The lowest BCUT2D eigenvalue weighted by molar-refractivity contribution is -0.118. The summed E-state index contributed by atoms with van der Waals surface area (Å²) >= 11 is 0. The molecule has 96 valence electrons. The van der Waals surface area contributed by atoms with Gasteiger partial charge in [-0.2, -0.15) is 0 Å². The number of hydrogen-bond donors (Lipinski definition) is 1. The monoisotopic (exact) mass is 254 g/mol. The van der Waals surface area contributed by atoms with Gasteiger partial charge in [0, 0.05) is 30.9 Å². The van der Waals surface area contributed by atoms with Crippen LogP contribution in [0.5, 0.6) is 0 Å². The molecule has 2 aromatic rings. The molecule has 0 spiro atoms. The van der Waals surface area contributed by atoms with Crippen molar-refractivity contribution in [2.45, 2.75) is 12.8 Å². The average molecular weight is 254 g/mol. The van der Waals surface area contributed by atoms with Crippen LogP contribution in [0.2, 0.25) is 0 Å². The topological polar surface area (TPSA) is 72.1 Å². The Morgan fingerprint density at radius 2 is 2.11 bits per heavy atom. The number of aromatic nitrogens is 2. The molecule has 0 atom stereocenters. The first-order chi connectivity index (χ1) is 9.15. The number of fused-ring (bicyclic) bond motifs is 1. The van der Waals surface area contributed by atoms with E-state index in [1.54, 1.807) is 24.2 Å². The summed E-state index contributed by atoms with van der Waals surface area (Å²) in [5, 5.41) is 0. The summed E-state index contributed by atoms with van der Waals surface area (Å²) in [5.74, 6) is 1.22. The van der Waals surface area contributed by atoms with E-state index in [2.05, 4.69) is 9.97 Å². The molecule has 0 unspecified atom stereocenters. The van der Waals surface area contributed by atoms with E-state index in [-0.39, 0.29) is 5.91 Å². The summed E-state index contributed by atoms with van der Waals surface area (Å²) in [6, 6.07) is 7.55. The second-order valence-electron chi connectivity index (χ2n) is 4.60. The molecule has 0 fully saturated rings. The Labute approximate surface area is 111 Å². The smallest absolute Gasteiger partial charge is 0.227 e. The van der Waals surface area contributed by atoms with E-state index in [9.17, 15) is 4.79 Å². The minimum Gasteiger partial charge on any atom is -0.384 e. The Morgan fingerprint density at radius 1 is 1.26 bits per heavy atom. The molecule has 0 bridgehead atoms. The number of carbonyl (C=O) groups excluding carboxylic acids is 1. The van der Waals surface area contributed by atoms with Crippen LogP contribution in [0.4, 0.5) is 11.5 Å². The Balaban J connectivity index is 2.05. The minimum absolute atomic E-state index is 0.153. The van der Waals surface area contributed by atoms with Crippen LogP contribution in [-0.2, 0) is 11.2 Å². The normalized spacial score (nSPS) is 14.4. The minimum atomic E-state index is 0.153. The first-order valence-corrected chi connectivity index (χ1v) is 6.13. The van der Waals surface area contributed by atoms with E-state index in [1.807, 2.05) is 18.2 Å². The fraction of sp³-hybridized carbons (Fsp3) is 0.214. The van der Waals surface area contributed by atoms with Crippen LogP contribution in [0, 0.1) is 0 Å². The number of nitrogens with two attached hydrogens (primary N) is 1. The van der Waals surface area contributed by atoms with Gasteiger partial charge < -0.3 is 10.6 Å². The third kappa shape index (κ3) is 2.03. The first kappa shape index (κ1) is 11.6. The van der Waals surface area contributed by atoms with Crippen LogP contribution in [0.25, 0.3) is 11.4 Å². The number of anilines is 2. The number of carbonyl (C=O) groups is 1. The molecule has 1 aromatic carbocycles. The van der Waals surface area contributed by atoms with Gasteiger partial charge in [-0.15, -0.1) is 0 Å². The molecule has 5 heteroatoms. The second kappa shape index (κ2) is 4.35. The summed E-state index contributed by atoms with van der Waals surface area (Å²) in [6.45, 7) is 0. The van der Waals surface area contributed by atoms with E-state index in [0.29, 0.717) is 18.1 Å².